The van der Waals surface area contributed by atoms with E-state index in [1.54, 1.807) is 30.5 Å². The Kier molecular flexibility index (Phi) is 5.60. The Morgan fingerprint density at radius 3 is 2.43 bits per heavy atom. The average molecular weight is 374 g/mol. The molecule has 3 aromatic carbocycles. The van der Waals surface area contributed by atoms with Gasteiger partial charge in [-0.15, -0.1) is 0 Å². The van der Waals surface area contributed by atoms with E-state index >= 15 is 0 Å². The number of nitro benzene ring substituents is 1. The molecule has 0 aliphatic carbocycles. The van der Waals surface area contributed by atoms with Gasteiger partial charge in [-0.25, -0.2) is 4.79 Å². The Morgan fingerprint density at radius 2 is 1.75 bits per heavy atom. The van der Waals surface area contributed by atoms with Crippen LogP contribution in [0.5, 0.6) is 5.75 Å². The van der Waals surface area contributed by atoms with Gasteiger partial charge in [-0.3, -0.25) is 15.1 Å². The van der Waals surface area contributed by atoms with Gasteiger partial charge in [0.1, 0.15) is 5.75 Å². The molecule has 0 saturated heterocycles. The van der Waals surface area contributed by atoms with E-state index in [1.807, 2.05) is 25.1 Å². The number of esters is 1. The van der Waals surface area contributed by atoms with E-state index in [4.69, 9.17) is 4.74 Å². The number of aryl methyl sites for hydroxylation is 2. The van der Waals surface area contributed by atoms with Crippen LogP contribution < -0.4 is 4.74 Å². The van der Waals surface area contributed by atoms with Crippen molar-refractivity contribution in [3.05, 3.63) is 99.1 Å². The molecule has 0 aromatic heterocycles. The molecular formula is C22H18N2O4. The third-order valence-electron chi connectivity index (χ3n) is 4.24. The first-order valence-electron chi connectivity index (χ1n) is 8.60. The average Bonchev–Trinajstić information content (AvgIpc) is 2.70. The summed E-state index contributed by atoms with van der Waals surface area (Å²) in [5.74, 6) is -0.305. The molecule has 0 saturated carbocycles. The van der Waals surface area contributed by atoms with Crippen molar-refractivity contribution in [2.24, 2.45) is 4.99 Å². The number of aliphatic imine (C=N–C) groups is 1. The van der Waals surface area contributed by atoms with Crippen LogP contribution in [0.3, 0.4) is 0 Å². The predicted molar refractivity (Wildman–Crippen MR) is 108 cm³/mol. The lowest BCUT2D eigenvalue weighted by Gasteiger charge is -2.05. The molecule has 6 heteroatoms. The summed E-state index contributed by atoms with van der Waals surface area (Å²) >= 11 is 0. The fourth-order valence-corrected chi connectivity index (χ4v) is 2.49. The number of carbonyl (C=O) groups excluding carboxylic acids is 1. The van der Waals surface area contributed by atoms with Crippen LogP contribution in [0, 0.1) is 24.0 Å². The summed E-state index contributed by atoms with van der Waals surface area (Å²) in [5.41, 5.74) is 4.08. The van der Waals surface area contributed by atoms with Crippen LogP contribution in [0.1, 0.15) is 27.0 Å². The van der Waals surface area contributed by atoms with Crippen molar-refractivity contribution in [2.45, 2.75) is 13.8 Å². The van der Waals surface area contributed by atoms with Crippen LogP contribution in [-0.4, -0.2) is 17.1 Å². The molecule has 0 aliphatic rings. The molecule has 0 spiro atoms. The quantitative estimate of drug-likeness (QED) is 0.202. The summed E-state index contributed by atoms with van der Waals surface area (Å²) in [7, 11) is 0. The maximum atomic E-state index is 12.2. The van der Waals surface area contributed by atoms with Gasteiger partial charge in [0.2, 0.25) is 0 Å². The van der Waals surface area contributed by atoms with Crippen molar-refractivity contribution < 1.29 is 14.5 Å². The standard InChI is InChI=1S/C22H18N2O4/c1-15-6-9-19(12-16(15)2)23-14-17-7-10-21(11-8-17)28-22(25)18-4-3-5-20(13-18)24(26)27/h3-14H,1-2H3. The highest BCUT2D eigenvalue weighted by molar-refractivity contribution is 5.92. The molecule has 0 radical (unpaired) electrons. The van der Waals surface area contributed by atoms with E-state index in [9.17, 15) is 14.9 Å². The highest BCUT2D eigenvalue weighted by atomic mass is 16.6. The van der Waals surface area contributed by atoms with Gasteiger partial charge in [-0.1, -0.05) is 12.1 Å². The summed E-state index contributed by atoms with van der Waals surface area (Å²) in [6.07, 6.45) is 1.73. The molecule has 140 valence electrons. The van der Waals surface area contributed by atoms with Crippen molar-refractivity contribution in [1.82, 2.24) is 0 Å². The SMILES string of the molecule is Cc1ccc(N=Cc2ccc(OC(=O)c3cccc([N+](=O)[O-])c3)cc2)cc1C. The summed E-state index contributed by atoms with van der Waals surface area (Å²) in [6, 6.07) is 18.3. The molecule has 0 N–H and O–H groups in total. The molecule has 3 aromatic rings. The van der Waals surface area contributed by atoms with Gasteiger partial charge in [-0.2, -0.15) is 0 Å². The lowest BCUT2D eigenvalue weighted by atomic mass is 10.1. The van der Waals surface area contributed by atoms with E-state index < -0.39 is 10.9 Å². The van der Waals surface area contributed by atoms with Crippen LogP contribution in [0.15, 0.2) is 71.7 Å². The second kappa shape index (κ2) is 8.26. The Hall–Kier alpha value is -3.80. The summed E-state index contributed by atoms with van der Waals surface area (Å²) in [4.78, 5) is 26.9. The molecule has 0 heterocycles. The Bertz CT molecular complexity index is 1060. The zero-order chi connectivity index (χ0) is 20.1. The van der Waals surface area contributed by atoms with Crippen LogP contribution in [0.2, 0.25) is 0 Å². The molecule has 0 amide bonds. The fourth-order valence-electron chi connectivity index (χ4n) is 2.49. The van der Waals surface area contributed by atoms with Crippen molar-refractivity contribution in [2.75, 3.05) is 0 Å². The number of rotatable bonds is 5. The summed E-state index contributed by atoms with van der Waals surface area (Å²) in [5, 5.41) is 10.8. The maximum Gasteiger partial charge on any atom is 0.343 e. The number of benzene rings is 3. The monoisotopic (exact) mass is 374 g/mol. The number of non-ortho nitro benzene ring substituents is 1. The first-order chi connectivity index (χ1) is 13.4. The Morgan fingerprint density at radius 1 is 1.00 bits per heavy atom. The lowest BCUT2D eigenvalue weighted by Crippen LogP contribution is -2.08. The van der Waals surface area contributed by atoms with Crippen molar-refractivity contribution in [1.29, 1.82) is 0 Å². The fraction of sp³-hybridized carbons (Fsp3) is 0.0909. The van der Waals surface area contributed by atoms with E-state index in [1.165, 1.54) is 35.4 Å². The number of nitrogens with zero attached hydrogens (tertiary/aromatic N) is 2. The molecule has 0 unspecified atom stereocenters. The number of hydrogen-bond donors (Lipinski definition) is 0. The molecule has 0 fully saturated rings. The van der Waals surface area contributed by atoms with Crippen molar-refractivity contribution in [3.8, 4) is 5.75 Å². The van der Waals surface area contributed by atoms with Gasteiger partial charge >= 0.3 is 5.97 Å². The third-order valence-corrected chi connectivity index (χ3v) is 4.24. The molecule has 6 nitrogen and oxygen atoms in total. The minimum atomic E-state index is -0.653. The predicted octanol–water partition coefficient (Wildman–Crippen LogP) is 5.18. The van der Waals surface area contributed by atoms with Gasteiger partial charge in [0.05, 0.1) is 16.2 Å². The van der Waals surface area contributed by atoms with Crippen molar-refractivity contribution in [3.63, 3.8) is 0 Å². The number of nitro groups is 1. The van der Waals surface area contributed by atoms with E-state index in [2.05, 4.69) is 11.9 Å². The smallest absolute Gasteiger partial charge is 0.343 e. The van der Waals surface area contributed by atoms with Crippen LogP contribution in [-0.2, 0) is 0 Å². The van der Waals surface area contributed by atoms with Gasteiger partial charge in [0, 0.05) is 18.3 Å². The number of carbonyl (C=O) groups is 1. The largest absolute Gasteiger partial charge is 0.423 e. The number of hydrogen-bond acceptors (Lipinski definition) is 5. The van der Waals surface area contributed by atoms with Crippen LogP contribution >= 0.6 is 0 Å². The first kappa shape index (κ1) is 19.0. The van der Waals surface area contributed by atoms with Gasteiger partial charge < -0.3 is 4.74 Å². The second-order valence-corrected chi connectivity index (χ2v) is 6.29. The molecule has 3 rings (SSSR count). The number of ether oxygens (including phenoxy) is 1. The molecular weight excluding hydrogens is 356 g/mol. The minimum absolute atomic E-state index is 0.120. The topological polar surface area (TPSA) is 81.8 Å². The lowest BCUT2D eigenvalue weighted by molar-refractivity contribution is -0.384. The van der Waals surface area contributed by atoms with Gasteiger partial charge in [0.25, 0.3) is 5.69 Å². The van der Waals surface area contributed by atoms with Gasteiger partial charge in [0.15, 0.2) is 0 Å². The summed E-state index contributed by atoms with van der Waals surface area (Å²) < 4.78 is 5.28. The maximum absolute atomic E-state index is 12.2. The van der Waals surface area contributed by atoms with Crippen LogP contribution in [0.4, 0.5) is 11.4 Å². The molecule has 0 aliphatic heterocycles. The summed E-state index contributed by atoms with van der Waals surface area (Å²) in [6.45, 7) is 4.09. The zero-order valence-electron chi connectivity index (χ0n) is 15.5. The third kappa shape index (κ3) is 4.67. The highest BCUT2D eigenvalue weighted by Gasteiger charge is 2.13. The van der Waals surface area contributed by atoms with E-state index in [0.29, 0.717) is 5.75 Å². The first-order valence-corrected chi connectivity index (χ1v) is 8.60. The van der Waals surface area contributed by atoms with E-state index in [-0.39, 0.29) is 11.3 Å². The zero-order valence-corrected chi connectivity index (χ0v) is 15.5. The second-order valence-electron chi connectivity index (χ2n) is 6.29. The van der Waals surface area contributed by atoms with E-state index in [0.717, 1.165) is 11.3 Å². The molecule has 0 bridgehead atoms. The molecule has 28 heavy (non-hydrogen) atoms. The minimum Gasteiger partial charge on any atom is -0.423 e. The van der Waals surface area contributed by atoms with Gasteiger partial charge in [-0.05, 0) is 73.0 Å². The highest BCUT2D eigenvalue weighted by Crippen LogP contribution is 2.19. The van der Waals surface area contributed by atoms with Crippen LogP contribution in [0.25, 0.3) is 0 Å². The normalized spacial score (nSPS) is 10.8. The Balaban J connectivity index is 1.68. The van der Waals surface area contributed by atoms with Crippen molar-refractivity contribution >= 4 is 23.6 Å². The Labute approximate surface area is 162 Å². The molecule has 0 atom stereocenters.